The molecule has 2 aromatic rings. The van der Waals surface area contributed by atoms with Crippen LogP contribution in [-0.2, 0) is 16.6 Å². The van der Waals surface area contributed by atoms with Gasteiger partial charge in [0.15, 0.2) is 0 Å². The van der Waals surface area contributed by atoms with Crippen molar-refractivity contribution >= 4 is 15.8 Å². The standard InChI is InChI=1S/C15H18F2N4O2S/c16-11-3-4-13(17)12(10-11)14-2-1-7-20(14)15-5-6-19-21(15)8-9-24(18,22)23/h3-6,10,14H,1-2,7-9H2,(H2,18,22,23)/t14-/m1/s1. The first-order chi connectivity index (χ1) is 11.3. The predicted molar refractivity (Wildman–Crippen MR) is 85.9 cm³/mol. The molecular formula is C15H18F2N4O2S. The minimum Gasteiger partial charge on any atom is -0.350 e. The van der Waals surface area contributed by atoms with Crippen molar-refractivity contribution in [2.45, 2.75) is 25.4 Å². The smallest absolute Gasteiger partial charge is 0.210 e. The van der Waals surface area contributed by atoms with E-state index in [4.69, 9.17) is 5.14 Å². The molecule has 130 valence electrons. The Morgan fingerprint density at radius 3 is 2.83 bits per heavy atom. The fourth-order valence-electron chi connectivity index (χ4n) is 3.09. The first kappa shape index (κ1) is 16.8. The number of hydrogen-bond donors (Lipinski definition) is 1. The maximum atomic E-state index is 14.1. The molecule has 9 heteroatoms. The second-order valence-corrected chi connectivity index (χ2v) is 7.53. The third-order valence-corrected chi connectivity index (χ3v) is 4.90. The Hall–Kier alpha value is -2.00. The van der Waals surface area contributed by atoms with Crippen molar-refractivity contribution < 1.29 is 17.2 Å². The van der Waals surface area contributed by atoms with Crippen molar-refractivity contribution in [1.29, 1.82) is 0 Å². The highest BCUT2D eigenvalue weighted by atomic mass is 32.2. The quantitative estimate of drug-likeness (QED) is 0.886. The molecule has 1 aromatic heterocycles. The number of aryl methyl sites for hydroxylation is 1. The summed E-state index contributed by atoms with van der Waals surface area (Å²) in [4.78, 5) is 1.92. The summed E-state index contributed by atoms with van der Waals surface area (Å²) in [7, 11) is -3.61. The van der Waals surface area contributed by atoms with E-state index in [1.165, 1.54) is 10.7 Å². The molecule has 1 fully saturated rings. The Morgan fingerprint density at radius 1 is 1.29 bits per heavy atom. The van der Waals surface area contributed by atoms with E-state index in [2.05, 4.69) is 5.10 Å². The van der Waals surface area contributed by atoms with Crippen LogP contribution in [0.4, 0.5) is 14.6 Å². The normalized spacial score (nSPS) is 18.3. The number of sulfonamides is 1. The molecule has 6 nitrogen and oxygen atoms in total. The average Bonchev–Trinajstić information content (AvgIpc) is 3.14. The summed E-state index contributed by atoms with van der Waals surface area (Å²) >= 11 is 0. The van der Waals surface area contributed by atoms with E-state index in [-0.39, 0.29) is 18.3 Å². The SMILES string of the molecule is NS(=O)(=O)CCn1nccc1N1CCC[C@@H]1c1cc(F)ccc1F. The first-order valence-corrected chi connectivity index (χ1v) is 9.30. The monoisotopic (exact) mass is 356 g/mol. The lowest BCUT2D eigenvalue weighted by atomic mass is 10.0. The molecule has 24 heavy (non-hydrogen) atoms. The van der Waals surface area contributed by atoms with Gasteiger partial charge in [-0.2, -0.15) is 5.10 Å². The van der Waals surface area contributed by atoms with E-state index >= 15 is 0 Å². The van der Waals surface area contributed by atoms with Gasteiger partial charge in [-0.1, -0.05) is 0 Å². The van der Waals surface area contributed by atoms with Crippen LogP contribution in [0.5, 0.6) is 0 Å². The highest BCUT2D eigenvalue weighted by Gasteiger charge is 2.30. The van der Waals surface area contributed by atoms with Crippen molar-refractivity contribution in [3.05, 3.63) is 47.7 Å². The van der Waals surface area contributed by atoms with Crippen molar-refractivity contribution in [1.82, 2.24) is 9.78 Å². The third kappa shape index (κ3) is 3.57. The van der Waals surface area contributed by atoms with E-state index in [1.807, 2.05) is 4.90 Å². The summed E-state index contributed by atoms with van der Waals surface area (Å²) in [5.41, 5.74) is 0.298. The Labute approximate surface area is 138 Å². The summed E-state index contributed by atoms with van der Waals surface area (Å²) in [6, 6.07) is 4.85. The van der Waals surface area contributed by atoms with Crippen molar-refractivity contribution in [2.75, 3.05) is 17.2 Å². The maximum Gasteiger partial charge on any atom is 0.210 e. The Bertz CT molecular complexity index is 838. The van der Waals surface area contributed by atoms with Crippen LogP contribution >= 0.6 is 0 Å². The minimum atomic E-state index is -3.61. The molecule has 1 aliphatic rings. The molecule has 1 aliphatic heterocycles. The van der Waals surface area contributed by atoms with Crippen LogP contribution < -0.4 is 10.0 Å². The van der Waals surface area contributed by atoms with Gasteiger partial charge in [0.05, 0.1) is 24.5 Å². The topological polar surface area (TPSA) is 81.2 Å². The molecule has 0 unspecified atom stereocenters. The number of aromatic nitrogens is 2. The number of nitrogens with zero attached hydrogens (tertiary/aromatic N) is 3. The van der Waals surface area contributed by atoms with Gasteiger partial charge in [-0.05, 0) is 31.0 Å². The lowest BCUT2D eigenvalue weighted by Crippen LogP contribution is -2.28. The molecule has 1 atom stereocenters. The molecule has 1 saturated heterocycles. The largest absolute Gasteiger partial charge is 0.350 e. The van der Waals surface area contributed by atoms with E-state index in [0.717, 1.165) is 18.6 Å². The summed E-state index contributed by atoms with van der Waals surface area (Å²) in [5, 5.41) is 9.16. The van der Waals surface area contributed by atoms with Crippen LogP contribution in [-0.4, -0.2) is 30.5 Å². The summed E-state index contributed by atoms with van der Waals surface area (Å²) in [5.74, 6) is -0.510. The highest BCUT2D eigenvalue weighted by molar-refractivity contribution is 7.89. The Morgan fingerprint density at radius 2 is 2.08 bits per heavy atom. The highest BCUT2D eigenvalue weighted by Crippen LogP contribution is 2.37. The maximum absolute atomic E-state index is 14.1. The lowest BCUT2D eigenvalue weighted by Gasteiger charge is -2.27. The second-order valence-electron chi connectivity index (χ2n) is 5.80. The zero-order chi connectivity index (χ0) is 17.3. The van der Waals surface area contributed by atoms with Crippen molar-refractivity contribution in [3.63, 3.8) is 0 Å². The van der Waals surface area contributed by atoms with Gasteiger partial charge in [0, 0.05) is 18.2 Å². The number of hydrogen-bond acceptors (Lipinski definition) is 4. The number of primary sulfonamides is 1. The van der Waals surface area contributed by atoms with Gasteiger partial charge in [-0.25, -0.2) is 27.0 Å². The Balaban J connectivity index is 1.89. The molecule has 1 aromatic carbocycles. The molecule has 0 amide bonds. The third-order valence-electron chi connectivity index (χ3n) is 4.15. The number of benzene rings is 1. The van der Waals surface area contributed by atoms with Gasteiger partial charge in [-0.15, -0.1) is 0 Å². The second kappa shape index (κ2) is 6.48. The molecule has 2 heterocycles. The Kier molecular flexibility index (Phi) is 4.55. The molecular weight excluding hydrogens is 338 g/mol. The summed E-state index contributed by atoms with van der Waals surface area (Å²) in [6.07, 6.45) is 3.05. The van der Waals surface area contributed by atoms with E-state index in [1.54, 1.807) is 12.3 Å². The molecule has 3 rings (SSSR count). The van der Waals surface area contributed by atoms with E-state index in [9.17, 15) is 17.2 Å². The van der Waals surface area contributed by atoms with Crippen LogP contribution in [0.15, 0.2) is 30.5 Å². The van der Waals surface area contributed by atoms with Crippen molar-refractivity contribution in [2.24, 2.45) is 5.14 Å². The van der Waals surface area contributed by atoms with Gasteiger partial charge in [0.2, 0.25) is 10.0 Å². The van der Waals surface area contributed by atoms with Gasteiger partial charge in [0.1, 0.15) is 17.5 Å². The van der Waals surface area contributed by atoms with Crippen LogP contribution in [0, 0.1) is 11.6 Å². The zero-order valence-corrected chi connectivity index (χ0v) is 13.7. The fourth-order valence-corrected chi connectivity index (χ4v) is 3.52. The minimum absolute atomic E-state index is 0.107. The van der Waals surface area contributed by atoms with Crippen LogP contribution in [0.1, 0.15) is 24.4 Å². The molecule has 0 saturated carbocycles. The van der Waals surface area contributed by atoms with Crippen molar-refractivity contribution in [3.8, 4) is 0 Å². The number of halogens is 2. The molecule has 0 radical (unpaired) electrons. The van der Waals surface area contributed by atoms with Crippen LogP contribution in [0.25, 0.3) is 0 Å². The zero-order valence-electron chi connectivity index (χ0n) is 12.9. The van der Waals surface area contributed by atoms with Gasteiger partial charge in [0.25, 0.3) is 0 Å². The van der Waals surface area contributed by atoms with E-state index < -0.39 is 21.7 Å². The summed E-state index contributed by atoms with van der Waals surface area (Å²) < 4.78 is 51.5. The van der Waals surface area contributed by atoms with E-state index in [0.29, 0.717) is 24.3 Å². The predicted octanol–water partition coefficient (Wildman–Crippen LogP) is 1.79. The van der Waals surface area contributed by atoms with Gasteiger partial charge >= 0.3 is 0 Å². The lowest BCUT2D eigenvalue weighted by molar-refractivity contribution is 0.552. The molecule has 0 bridgehead atoms. The number of rotatable bonds is 5. The van der Waals surface area contributed by atoms with Crippen LogP contribution in [0.3, 0.4) is 0 Å². The molecule has 0 aliphatic carbocycles. The fraction of sp³-hybridized carbons (Fsp3) is 0.400. The average molecular weight is 356 g/mol. The molecule has 0 spiro atoms. The van der Waals surface area contributed by atoms with Crippen LogP contribution in [0.2, 0.25) is 0 Å². The summed E-state index contributed by atoms with van der Waals surface area (Å²) in [6.45, 7) is 0.762. The first-order valence-electron chi connectivity index (χ1n) is 7.59. The van der Waals surface area contributed by atoms with Gasteiger partial charge < -0.3 is 4.90 Å². The number of nitrogens with two attached hydrogens (primary N) is 1. The van der Waals surface area contributed by atoms with Gasteiger partial charge in [-0.3, -0.25) is 0 Å². The molecule has 2 N–H and O–H groups in total. The number of anilines is 1.